The van der Waals surface area contributed by atoms with Crippen molar-refractivity contribution in [2.75, 3.05) is 0 Å². The second-order valence-corrected chi connectivity index (χ2v) is 5.87. The molecular weight excluding hydrogens is 316 g/mol. The summed E-state index contributed by atoms with van der Waals surface area (Å²) >= 11 is 0. The van der Waals surface area contributed by atoms with E-state index in [0.717, 1.165) is 11.1 Å². The van der Waals surface area contributed by atoms with Crippen LogP contribution in [0.1, 0.15) is 29.9 Å². The summed E-state index contributed by atoms with van der Waals surface area (Å²) in [6.07, 6.45) is 5.11. The van der Waals surface area contributed by atoms with Gasteiger partial charge in [0.1, 0.15) is 0 Å². The number of hydrogen-bond donors (Lipinski definition) is 1. The first kappa shape index (κ1) is 16.8. The van der Waals surface area contributed by atoms with Gasteiger partial charge in [0.15, 0.2) is 0 Å². The highest BCUT2D eigenvalue weighted by Gasteiger charge is 2.09. The number of carbonyl (C=O) groups excluding carboxylic acids is 1. The number of amides is 1. The third kappa shape index (κ3) is 4.97. The summed E-state index contributed by atoms with van der Waals surface area (Å²) in [6, 6.07) is 11.7. The molecule has 25 heavy (non-hydrogen) atoms. The van der Waals surface area contributed by atoms with Crippen molar-refractivity contribution in [1.29, 1.82) is 0 Å². The third-order valence-corrected chi connectivity index (χ3v) is 3.78. The molecule has 0 atom stereocenters. The maximum absolute atomic E-state index is 11.9. The molecule has 0 unspecified atom stereocenters. The van der Waals surface area contributed by atoms with E-state index in [1.165, 1.54) is 5.56 Å². The van der Waals surface area contributed by atoms with E-state index < -0.39 is 0 Å². The third-order valence-electron chi connectivity index (χ3n) is 3.78. The van der Waals surface area contributed by atoms with Crippen LogP contribution in [0.3, 0.4) is 0 Å². The lowest BCUT2D eigenvalue weighted by Crippen LogP contribution is -2.22. The van der Waals surface area contributed by atoms with E-state index in [1.807, 2.05) is 43.3 Å². The number of benzene rings is 1. The zero-order chi connectivity index (χ0) is 17.5. The summed E-state index contributed by atoms with van der Waals surface area (Å²) in [5.74, 6) is 1.13. The molecule has 2 heterocycles. The molecule has 3 rings (SSSR count). The number of rotatable bonds is 7. The maximum Gasteiger partial charge on any atom is 0.226 e. The summed E-state index contributed by atoms with van der Waals surface area (Å²) < 4.78 is 5.26. The minimum Gasteiger partial charge on any atom is -0.352 e. The molecule has 0 aliphatic heterocycles. The highest BCUT2D eigenvalue weighted by atomic mass is 16.5. The van der Waals surface area contributed by atoms with Crippen LogP contribution >= 0.6 is 0 Å². The van der Waals surface area contributed by atoms with E-state index in [1.54, 1.807) is 12.4 Å². The summed E-state index contributed by atoms with van der Waals surface area (Å²) in [4.78, 5) is 20.3. The Balaban J connectivity index is 1.43. The molecule has 0 fully saturated rings. The Bertz CT molecular complexity index is 813. The first-order valence-electron chi connectivity index (χ1n) is 8.26. The molecule has 0 saturated heterocycles. The van der Waals surface area contributed by atoms with Crippen molar-refractivity contribution in [3.8, 4) is 11.4 Å². The van der Waals surface area contributed by atoms with Crippen LogP contribution in [0.5, 0.6) is 0 Å². The van der Waals surface area contributed by atoms with E-state index in [-0.39, 0.29) is 5.91 Å². The fourth-order valence-corrected chi connectivity index (χ4v) is 2.37. The monoisotopic (exact) mass is 336 g/mol. The normalized spacial score (nSPS) is 10.6. The lowest BCUT2D eigenvalue weighted by molar-refractivity contribution is -0.121. The average Bonchev–Trinajstić information content (AvgIpc) is 3.10. The molecule has 0 radical (unpaired) electrons. The fourth-order valence-electron chi connectivity index (χ4n) is 2.37. The van der Waals surface area contributed by atoms with Crippen molar-refractivity contribution in [2.45, 2.75) is 32.7 Å². The maximum atomic E-state index is 11.9. The van der Waals surface area contributed by atoms with Crippen molar-refractivity contribution >= 4 is 5.91 Å². The van der Waals surface area contributed by atoms with Gasteiger partial charge >= 0.3 is 0 Å². The fraction of sp³-hybridized carbons (Fsp3) is 0.263. The van der Waals surface area contributed by atoms with Crippen molar-refractivity contribution in [3.63, 3.8) is 0 Å². The van der Waals surface area contributed by atoms with Crippen LogP contribution in [0.2, 0.25) is 0 Å². The van der Waals surface area contributed by atoms with Gasteiger partial charge in [0, 0.05) is 37.3 Å². The molecule has 2 aromatic heterocycles. The molecule has 0 aliphatic rings. The molecule has 1 aromatic carbocycles. The van der Waals surface area contributed by atoms with Crippen molar-refractivity contribution in [2.24, 2.45) is 0 Å². The molecule has 6 nitrogen and oxygen atoms in total. The van der Waals surface area contributed by atoms with E-state index in [2.05, 4.69) is 20.4 Å². The van der Waals surface area contributed by atoms with Gasteiger partial charge in [0.05, 0.1) is 0 Å². The minimum absolute atomic E-state index is 0.00197. The summed E-state index contributed by atoms with van der Waals surface area (Å²) in [6.45, 7) is 2.52. The highest BCUT2D eigenvalue weighted by molar-refractivity contribution is 5.75. The smallest absolute Gasteiger partial charge is 0.226 e. The zero-order valence-corrected chi connectivity index (χ0v) is 14.1. The Morgan fingerprint density at radius 3 is 2.80 bits per heavy atom. The van der Waals surface area contributed by atoms with Gasteiger partial charge in [0.2, 0.25) is 17.6 Å². The van der Waals surface area contributed by atoms with Gasteiger partial charge in [-0.25, -0.2) is 0 Å². The number of aryl methyl sites for hydroxylation is 2. The molecule has 0 spiro atoms. The highest BCUT2D eigenvalue weighted by Crippen LogP contribution is 2.17. The standard InChI is InChI=1S/C19H20N4O2/c1-14-7-9-16(10-8-14)19-22-18(25-23-19)6-2-5-17(24)21-13-15-4-3-11-20-12-15/h3-4,7-12H,2,5-6,13H2,1H3,(H,21,24). The van der Waals surface area contributed by atoms with Gasteiger partial charge in [-0.2, -0.15) is 4.98 Å². The minimum atomic E-state index is 0.00197. The summed E-state index contributed by atoms with van der Waals surface area (Å²) in [7, 11) is 0. The van der Waals surface area contributed by atoms with Crippen molar-refractivity contribution in [3.05, 3.63) is 65.8 Å². The summed E-state index contributed by atoms with van der Waals surface area (Å²) in [5, 5.41) is 6.87. The van der Waals surface area contributed by atoms with Crippen LogP contribution in [0.15, 0.2) is 53.3 Å². The van der Waals surface area contributed by atoms with Crippen LogP contribution < -0.4 is 5.32 Å². The molecule has 0 aliphatic carbocycles. The zero-order valence-electron chi connectivity index (χ0n) is 14.1. The number of nitrogens with one attached hydrogen (secondary N) is 1. The number of nitrogens with zero attached hydrogens (tertiary/aromatic N) is 3. The Hall–Kier alpha value is -3.02. The number of carbonyl (C=O) groups is 1. The van der Waals surface area contributed by atoms with Gasteiger partial charge in [-0.3, -0.25) is 9.78 Å². The molecule has 1 amide bonds. The van der Waals surface area contributed by atoms with Crippen molar-refractivity contribution in [1.82, 2.24) is 20.4 Å². The second-order valence-electron chi connectivity index (χ2n) is 5.87. The van der Waals surface area contributed by atoms with E-state index in [4.69, 9.17) is 4.52 Å². The SMILES string of the molecule is Cc1ccc(-c2noc(CCCC(=O)NCc3cccnc3)n2)cc1. The van der Waals surface area contributed by atoms with Crippen LogP contribution in [-0.2, 0) is 17.8 Å². The van der Waals surface area contributed by atoms with Gasteiger partial charge in [-0.05, 0) is 25.0 Å². The quantitative estimate of drug-likeness (QED) is 0.717. The first-order chi connectivity index (χ1) is 12.2. The van der Waals surface area contributed by atoms with Gasteiger partial charge in [-0.1, -0.05) is 41.1 Å². The first-order valence-corrected chi connectivity index (χ1v) is 8.26. The Labute approximate surface area is 146 Å². The van der Waals surface area contributed by atoms with Crippen molar-refractivity contribution < 1.29 is 9.32 Å². The molecule has 128 valence electrons. The molecular formula is C19H20N4O2. The van der Waals surface area contributed by atoms with Gasteiger partial charge in [0.25, 0.3) is 0 Å². The van der Waals surface area contributed by atoms with Gasteiger partial charge < -0.3 is 9.84 Å². The molecule has 0 saturated carbocycles. The van der Waals surface area contributed by atoms with E-state index in [9.17, 15) is 4.79 Å². The lowest BCUT2D eigenvalue weighted by atomic mass is 10.1. The molecule has 6 heteroatoms. The van der Waals surface area contributed by atoms with E-state index in [0.29, 0.717) is 37.5 Å². The number of hydrogen-bond acceptors (Lipinski definition) is 5. The summed E-state index contributed by atoms with van der Waals surface area (Å²) in [5.41, 5.74) is 3.09. The average molecular weight is 336 g/mol. The predicted molar refractivity (Wildman–Crippen MR) is 93.5 cm³/mol. The topological polar surface area (TPSA) is 80.9 Å². The second kappa shape index (κ2) is 8.19. The van der Waals surface area contributed by atoms with Crippen LogP contribution in [-0.4, -0.2) is 21.0 Å². The molecule has 1 N–H and O–H groups in total. The number of aromatic nitrogens is 3. The van der Waals surface area contributed by atoms with Gasteiger partial charge in [-0.15, -0.1) is 0 Å². The lowest BCUT2D eigenvalue weighted by Gasteiger charge is -2.04. The largest absolute Gasteiger partial charge is 0.352 e. The predicted octanol–water partition coefficient (Wildman–Crippen LogP) is 3.08. The van der Waals surface area contributed by atoms with E-state index >= 15 is 0 Å². The number of pyridine rings is 1. The Morgan fingerprint density at radius 1 is 1.20 bits per heavy atom. The van der Waals surface area contributed by atoms with Crippen LogP contribution in [0.4, 0.5) is 0 Å². The Morgan fingerprint density at radius 2 is 2.04 bits per heavy atom. The molecule has 0 bridgehead atoms. The molecule has 3 aromatic rings. The van der Waals surface area contributed by atoms with Crippen LogP contribution in [0.25, 0.3) is 11.4 Å². The Kier molecular flexibility index (Phi) is 5.51. The van der Waals surface area contributed by atoms with Crippen LogP contribution in [0, 0.1) is 6.92 Å².